The number of amides is 2. The van der Waals surface area contributed by atoms with E-state index in [9.17, 15) is 14.7 Å². The van der Waals surface area contributed by atoms with Crippen LogP contribution in [0.15, 0.2) is 60.7 Å². The first kappa shape index (κ1) is 21.6. The Bertz CT molecular complexity index is 1190. The van der Waals surface area contributed by atoms with Gasteiger partial charge in [-0.2, -0.15) is 0 Å². The van der Waals surface area contributed by atoms with Crippen molar-refractivity contribution in [3.05, 3.63) is 83.2 Å². The number of halogens is 1. The molecule has 1 N–H and O–H groups in total. The normalized spacial score (nSPS) is 15.4. The van der Waals surface area contributed by atoms with Crippen molar-refractivity contribution in [3.8, 4) is 11.1 Å². The molecule has 32 heavy (non-hydrogen) atoms. The molecule has 1 aliphatic rings. The molecule has 6 heteroatoms. The summed E-state index contributed by atoms with van der Waals surface area (Å²) in [5, 5.41) is 9.86. The number of anilines is 2. The van der Waals surface area contributed by atoms with E-state index in [1.54, 1.807) is 30.3 Å². The van der Waals surface area contributed by atoms with Gasteiger partial charge in [-0.05, 0) is 55.2 Å². The third-order valence-corrected chi connectivity index (χ3v) is 6.14. The largest absolute Gasteiger partial charge is 0.465 e. The van der Waals surface area contributed by atoms with Crippen LogP contribution < -0.4 is 9.80 Å². The average Bonchev–Trinajstić information content (AvgIpc) is 2.79. The third kappa shape index (κ3) is 3.62. The van der Waals surface area contributed by atoms with E-state index in [1.165, 1.54) is 15.9 Å². The van der Waals surface area contributed by atoms with Crippen molar-refractivity contribution in [2.24, 2.45) is 0 Å². The fourth-order valence-electron chi connectivity index (χ4n) is 4.23. The fraction of sp³-hybridized carbons (Fsp3) is 0.231. The molecule has 5 nitrogen and oxygen atoms in total. The van der Waals surface area contributed by atoms with Gasteiger partial charge in [-0.15, -0.1) is 0 Å². The molecule has 1 aliphatic heterocycles. The molecule has 0 saturated heterocycles. The summed E-state index contributed by atoms with van der Waals surface area (Å²) in [7, 11) is 0. The van der Waals surface area contributed by atoms with Gasteiger partial charge < -0.3 is 10.0 Å². The first-order chi connectivity index (χ1) is 15.3. The molecule has 0 saturated carbocycles. The molecule has 1 heterocycles. The zero-order chi connectivity index (χ0) is 23.0. The van der Waals surface area contributed by atoms with Crippen LogP contribution in [0.25, 0.3) is 11.1 Å². The van der Waals surface area contributed by atoms with E-state index < -0.39 is 23.9 Å². The van der Waals surface area contributed by atoms with E-state index in [0.717, 1.165) is 11.1 Å². The number of benzene rings is 3. The molecule has 0 aromatic heterocycles. The Kier molecular flexibility index (Phi) is 5.70. The van der Waals surface area contributed by atoms with E-state index in [2.05, 4.69) is 0 Å². The molecule has 164 valence electrons. The van der Waals surface area contributed by atoms with E-state index in [-0.39, 0.29) is 12.1 Å². The van der Waals surface area contributed by atoms with Crippen molar-refractivity contribution < 1.29 is 19.1 Å². The Morgan fingerprint density at radius 3 is 2.28 bits per heavy atom. The number of rotatable bonds is 3. The van der Waals surface area contributed by atoms with Gasteiger partial charge in [-0.25, -0.2) is 9.18 Å². The van der Waals surface area contributed by atoms with Crippen molar-refractivity contribution in [1.82, 2.24) is 0 Å². The molecule has 0 bridgehead atoms. The number of fused-ring (bicyclic) bond motifs is 1. The lowest BCUT2D eigenvalue weighted by Crippen LogP contribution is -2.53. The molecule has 3 aromatic rings. The monoisotopic (exact) mass is 432 g/mol. The number of hydrogen-bond donors (Lipinski definition) is 1. The van der Waals surface area contributed by atoms with Gasteiger partial charge in [0.05, 0.1) is 23.0 Å². The highest BCUT2D eigenvalue weighted by Gasteiger charge is 2.37. The van der Waals surface area contributed by atoms with Gasteiger partial charge in [-0.1, -0.05) is 49.4 Å². The van der Waals surface area contributed by atoms with Crippen molar-refractivity contribution in [1.29, 1.82) is 0 Å². The zero-order valence-corrected chi connectivity index (χ0v) is 18.3. The molecule has 3 aromatic carbocycles. The SMILES string of the molecule is CCC1CN(C(=O)c2cccc(-c3ccccc3)c2F)c2cc(C)c(C)cc2N1C(=O)O. The van der Waals surface area contributed by atoms with Crippen molar-refractivity contribution in [3.63, 3.8) is 0 Å². The average molecular weight is 432 g/mol. The molecule has 1 atom stereocenters. The molecular formula is C26H25FN2O3. The standard InChI is InChI=1S/C26H25FN2O3/c1-4-19-15-28(22-13-16(2)17(3)14-23(22)29(19)26(31)32)25(30)21-12-8-11-20(24(21)27)18-9-6-5-7-10-18/h5-14,19H,4,15H2,1-3H3,(H,31,32). The van der Waals surface area contributed by atoms with Crippen molar-refractivity contribution in [2.45, 2.75) is 33.2 Å². The third-order valence-electron chi connectivity index (χ3n) is 6.14. The van der Waals surface area contributed by atoms with Crippen molar-refractivity contribution in [2.75, 3.05) is 16.3 Å². The van der Waals surface area contributed by atoms with E-state index in [4.69, 9.17) is 0 Å². The highest BCUT2D eigenvalue weighted by molar-refractivity contribution is 6.11. The number of carboxylic acid groups (broad SMARTS) is 1. The highest BCUT2D eigenvalue weighted by atomic mass is 19.1. The van der Waals surface area contributed by atoms with Gasteiger partial charge >= 0.3 is 6.09 Å². The summed E-state index contributed by atoms with van der Waals surface area (Å²) in [5.41, 5.74) is 3.80. The molecule has 0 fully saturated rings. The molecule has 0 spiro atoms. The van der Waals surface area contributed by atoms with Crippen LogP contribution in [0, 0.1) is 19.7 Å². The first-order valence-electron chi connectivity index (χ1n) is 10.6. The zero-order valence-electron chi connectivity index (χ0n) is 18.3. The summed E-state index contributed by atoms with van der Waals surface area (Å²) in [6.07, 6.45) is -0.541. The van der Waals surface area contributed by atoms with Crippen LogP contribution >= 0.6 is 0 Å². The Hall–Kier alpha value is -3.67. The predicted octanol–water partition coefficient (Wildman–Crippen LogP) is 6.03. The minimum absolute atomic E-state index is 0.0332. The lowest BCUT2D eigenvalue weighted by molar-refractivity contribution is 0.0978. The summed E-state index contributed by atoms with van der Waals surface area (Å²) in [4.78, 5) is 28.5. The molecular weight excluding hydrogens is 407 g/mol. The van der Waals surface area contributed by atoms with E-state index >= 15 is 4.39 Å². The van der Waals surface area contributed by atoms with Crippen LogP contribution in [0.1, 0.15) is 34.8 Å². The number of carbonyl (C=O) groups is 2. The second-order valence-corrected chi connectivity index (χ2v) is 8.09. The van der Waals surface area contributed by atoms with E-state index in [0.29, 0.717) is 28.9 Å². The number of carbonyl (C=O) groups excluding carboxylic acids is 1. The Labute approximate surface area is 186 Å². The quantitative estimate of drug-likeness (QED) is 0.549. The lowest BCUT2D eigenvalue weighted by Gasteiger charge is -2.41. The lowest BCUT2D eigenvalue weighted by atomic mass is 9.98. The maximum atomic E-state index is 15.5. The fourth-order valence-corrected chi connectivity index (χ4v) is 4.23. The summed E-state index contributed by atoms with van der Waals surface area (Å²) < 4.78 is 15.5. The highest BCUT2D eigenvalue weighted by Crippen LogP contribution is 2.39. The Balaban J connectivity index is 1.84. The minimum Gasteiger partial charge on any atom is -0.465 e. The van der Waals surface area contributed by atoms with Gasteiger partial charge in [0.2, 0.25) is 0 Å². The van der Waals surface area contributed by atoms with Crippen LogP contribution in [-0.4, -0.2) is 29.7 Å². The topological polar surface area (TPSA) is 60.9 Å². The summed E-state index contributed by atoms with van der Waals surface area (Å²) in [5.74, 6) is -1.06. The first-order valence-corrected chi connectivity index (χ1v) is 10.6. The van der Waals surface area contributed by atoms with Gasteiger partial charge in [0.1, 0.15) is 5.82 Å². The number of aryl methyl sites for hydroxylation is 2. The van der Waals surface area contributed by atoms with Gasteiger partial charge in [-0.3, -0.25) is 9.69 Å². The van der Waals surface area contributed by atoms with Crippen molar-refractivity contribution >= 4 is 23.4 Å². The van der Waals surface area contributed by atoms with Crippen LogP contribution in [0.2, 0.25) is 0 Å². The second kappa shape index (κ2) is 8.46. The maximum absolute atomic E-state index is 15.5. The summed E-state index contributed by atoms with van der Waals surface area (Å²) >= 11 is 0. The van der Waals surface area contributed by atoms with Crippen LogP contribution in [0.3, 0.4) is 0 Å². The van der Waals surface area contributed by atoms with Crippen LogP contribution in [0.5, 0.6) is 0 Å². The van der Waals surface area contributed by atoms with Gasteiger partial charge in [0, 0.05) is 12.1 Å². The van der Waals surface area contributed by atoms with Crippen LogP contribution in [-0.2, 0) is 0 Å². The number of nitrogens with zero attached hydrogens (tertiary/aromatic N) is 2. The second-order valence-electron chi connectivity index (χ2n) is 8.09. The van der Waals surface area contributed by atoms with Crippen LogP contribution in [0.4, 0.5) is 20.6 Å². The summed E-state index contributed by atoms with van der Waals surface area (Å²) in [6, 6.07) is 17.1. The smallest absolute Gasteiger partial charge is 0.412 e. The van der Waals surface area contributed by atoms with E-state index in [1.807, 2.05) is 45.0 Å². The molecule has 4 rings (SSSR count). The molecule has 0 aliphatic carbocycles. The molecule has 1 unspecified atom stereocenters. The summed E-state index contributed by atoms with van der Waals surface area (Å²) in [6.45, 7) is 5.85. The van der Waals surface area contributed by atoms with Gasteiger partial charge in [0.25, 0.3) is 5.91 Å². The molecule has 2 amide bonds. The molecule has 0 radical (unpaired) electrons. The number of hydrogen-bond acceptors (Lipinski definition) is 2. The van der Waals surface area contributed by atoms with Gasteiger partial charge in [0.15, 0.2) is 0 Å². The Morgan fingerprint density at radius 2 is 1.66 bits per heavy atom. The maximum Gasteiger partial charge on any atom is 0.412 e. The Morgan fingerprint density at radius 1 is 1.00 bits per heavy atom. The predicted molar refractivity (Wildman–Crippen MR) is 124 cm³/mol. The minimum atomic E-state index is -1.06.